The minimum absolute atomic E-state index is 0.169. The van der Waals surface area contributed by atoms with Crippen molar-refractivity contribution in [1.82, 2.24) is 0 Å². The average Bonchev–Trinajstić information content (AvgIpc) is 2.31. The summed E-state index contributed by atoms with van der Waals surface area (Å²) in [6.07, 6.45) is 0.816. The summed E-state index contributed by atoms with van der Waals surface area (Å²) in [6.45, 7) is 4.65. The number of anilines is 1. The Kier molecular flexibility index (Phi) is 4.63. The van der Waals surface area contributed by atoms with Crippen LogP contribution < -0.4 is 15.2 Å². The Morgan fingerprint density at radius 1 is 1.24 bits per heavy atom. The number of nitrogen functional groups attached to an aromatic ring is 1. The Balaban J connectivity index is 2.53. The molecule has 0 saturated heterocycles. The van der Waals surface area contributed by atoms with E-state index in [1.54, 1.807) is 26.4 Å². The molecule has 2 N–H and O–H groups in total. The fourth-order valence-electron chi connectivity index (χ4n) is 1.30. The van der Waals surface area contributed by atoms with Crippen LogP contribution in [0.4, 0.5) is 5.69 Å². The highest BCUT2D eigenvalue weighted by Crippen LogP contribution is 2.26. The van der Waals surface area contributed by atoms with Crippen molar-refractivity contribution in [3.05, 3.63) is 18.2 Å². The van der Waals surface area contributed by atoms with Crippen LogP contribution in [-0.2, 0) is 4.74 Å². The van der Waals surface area contributed by atoms with Crippen molar-refractivity contribution >= 4 is 5.69 Å². The largest absolute Gasteiger partial charge is 0.494 e. The second kappa shape index (κ2) is 5.77. The molecule has 0 fully saturated rings. The summed E-state index contributed by atoms with van der Waals surface area (Å²) in [5, 5.41) is 0. The Morgan fingerprint density at radius 3 is 2.53 bits per heavy atom. The summed E-state index contributed by atoms with van der Waals surface area (Å²) in [4.78, 5) is 0. The molecule has 4 heteroatoms. The zero-order valence-corrected chi connectivity index (χ0v) is 10.9. The Labute approximate surface area is 103 Å². The van der Waals surface area contributed by atoms with E-state index in [1.165, 1.54) is 0 Å². The van der Waals surface area contributed by atoms with E-state index in [9.17, 15) is 0 Å². The third kappa shape index (κ3) is 4.15. The molecule has 0 heterocycles. The van der Waals surface area contributed by atoms with E-state index in [0.717, 1.165) is 12.2 Å². The lowest BCUT2D eigenvalue weighted by molar-refractivity contribution is 0.00545. The van der Waals surface area contributed by atoms with Crippen LogP contribution in [0.3, 0.4) is 0 Å². The van der Waals surface area contributed by atoms with Gasteiger partial charge in [0.25, 0.3) is 0 Å². The van der Waals surface area contributed by atoms with E-state index < -0.39 is 0 Å². The summed E-state index contributed by atoms with van der Waals surface area (Å²) in [5.74, 6) is 1.39. The predicted molar refractivity (Wildman–Crippen MR) is 68.6 cm³/mol. The van der Waals surface area contributed by atoms with Gasteiger partial charge in [0.15, 0.2) is 0 Å². The molecule has 0 radical (unpaired) electrons. The molecular formula is C13H21NO3. The fourth-order valence-corrected chi connectivity index (χ4v) is 1.30. The smallest absolute Gasteiger partial charge is 0.145 e. The van der Waals surface area contributed by atoms with Crippen LogP contribution in [0.5, 0.6) is 11.5 Å². The Bertz CT molecular complexity index is 364. The van der Waals surface area contributed by atoms with Crippen molar-refractivity contribution in [1.29, 1.82) is 0 Å². The number of nitrogens with two attached hydrogens (primary N) is 1. The maximum absolute atomic E-state index is 5.72. The first kappa shape index (κ1) is 13.6. The molecule has 0 atom stereocenters. The summed E-state index contributed by atoms with van der Waals surface area (Å²) in [6, 6.07) is 5.39. The molecule has 0 aliphatic heterocycles. The molecule has 17 heavy (non-hydrogen) atoms. The van der Waals surface area contributed by atoms with Crippen LogP contribution in [0.15, 0.2) is 18.2 Å². The molecule has 1 rings (SSSR count). The van der Waals surface area contributed by atoms with E-state index in [4.69, 9.17) is 19.9 Å². The summed E-state index contributed by atoms with van der Waals surface area (Å²) >= 11 is 0. The summed E-state index contributed by atoms with van der Waals surface area (Å²) in [7, 11) is 3.29. The van der Waals surface area contributed by atoms with Crippen molar-refractivity contribution in [2.24, 2.45) is 0 Å². The van der Waals surface area contributed by atoms with Gasteiger partial charge in [-0.25, -0.2) is 0 Å². The maximum atomic E-state index is 5.72. The minimum atomic E-state index is -0.169. The van der Waals surface area contributed by atoms with Gasteiger partial charge in [-0.2, -0.15) is 0 Å². The highest BCUT2D eigenvalue weighted by Gasteiger charge is 2.16. The van der Waals surface area contributed by atoms with Gasteiger partial charge in [0, 0.05) is 19.6 Å². The molecule has 0 aliphatic rings. The van der Waals surface area contributed by atoms with Gasteiger partial charge in [0.2, 0.25) is 0 Å². The van der Waals surface area contributed by atoms with Gasteiger partial charge in [0.1, 0.15) is 11.5 Å². The highest BCUT2D eigenvalue weighted by molar-refractivity contribution is 5.55. The SMILES string of the molecule is COc1cc(OCCC(C)(C)OC)ccc1N. The first-order valence-corrected chi connectivity index (χ1v) is 5.60. The molecule has 0 spiro atoms. The van der Waals surface area contributed by atoms with Gasteiger partial charge in [-0.05, 0) is 26.0 Å². The van der Waals surface area contributed by atoms with Crippen molar-refractivity contribution in [2.75, 3.05) is 26.6 Å². The van der Waals surface area contributed by atoms with Crippen molar-refractivity contribution in [3.63, 3.8) is 0 Å². The maximum Gasteiger partial charge on any atom is 0.145 e. The third-order valence-corrected chi connectivity index (χ3v) is 2.73. The number of rotatable bonds is 6. The van der Waals surface area contributed by atoms with Gasteiger partial charge >= 0.3 is 0 Å². The number of hydrogen-bond acceptors (Lipinski definition) is 4. The van der Waals surface area contributed by atoms with E-state index >= 15 is 0 Å². The van der Waals surface area contributed by atoms with Crippen molar-refractivity contribution in [3.8, 4) is 11.5 Å². The van der Waals surface area contributed by atoms with Crippen molar-refractivity contribution < 1.29 is 14.2 Å². The molecule has 0 aromatic heterocycles. The monoisotopic (exact) mass is 239 g/mol. The number of hydrogen-bond donors (Lipinski definition) is 1. The van der Waals surface area contributed by atoms with E-state index in [0.29, 0.717) is 18.0 Å². The lowest BCUT2D eigenvalue weighted by atomic mass is 10.1. The highest BCUT2D eigenvalue weighted by atomic mass is 16.5. The lowest BCUT2D eigenvalue weighted by Gasteiger charge is -2.22. The van der Waals surface area contributed by atoms with Gasteiger partial charge in [-0.3, -0.25) is 0 Å². The Hall–Kier alpha value is -1.42. The minimum Gasteiger partial charge on any atom is -0.494 e. The molecule has 0 amide bonds. The van der Waals surface area contributed by atoms with Crippen LogP contribution in [0, 0.1) is 0 Å². The van der Waals surface area contributed by atoms with E-state index in [-0.39, 0.29) is 5.60 Å². The molecule has 0 aliphatic carbocycles. The zero-order valence-electron chi connectivity index (χ0n) is 10.9. The lowest BCUT2D eigenvalue weighted by Crippen LogP contribution is -2.25. The standard InChI is InChI=1S/C13H21NO3/c1-13(2,16-4)7-8-17-10-5-6-11(14)12(9-10)15-3/h5-6,9H,7-8,14H2,1-4H3. The second-order valence-electron chi connectivity index (χ2n) is 4.47. The quantitative estimate of drug-likeness (QED) is 0.775. The van der Waals surface area contributed by atoms with Gasteiger partial charge in [-0.1, -0.05) is 0 Å². The number of methoxy groups -OCH3 is 2. The third-order valence-electron chi connectivity index (χ3n) is 2.73. The van der Waals surface area contributed by atoms with Crippen LogP contribution in [0.25, 0.3) is 0 Å². The first-order valence-electron chi connectivity index (χ1n) is 5.60. The molecule has 96 valence electrons. The topological polar surface area (TPSA) is 53.7 Å². The average molecular weight is 239 g/mol. The first-order chi connectivity index (χ1) is 7.98. The normalized spacial score (nSPS) is 11.3. The van der Waals surface area contributed by atoms with Crippen LogP contribution in [-0.4, -0.2) is 26.4 Å². The molecule has 1 aromatic rings. The summed E-state index contributed by atoms with van der Waals surface area (Å²) in [5.41, 5.74) is 6.16. The fraction of sp³-hybridized carbons (Fsp3) is 0.538. The molecule has 1 aromatic carbocycles. The molecular weight excluding hydrogens is 218 g/mol. The second-order valence-corrected chi connectivity index (χ2v) is 4.47. The molecule has 0 bridgehead atoms. The van der Waals surface area contributed by atoms with E-state index in [1.807, 2.05) is 19.9 Å². The van der Waals surface area contributed by atoms with Gasteiger partial charge < -0.3 is 19.9 Å². The summed E-state index contributed by atoms with van der Waals surface area (Å²) < 4.78 is 16.1. The van der Waals surface area contributed by atoms with Gasteiger partial charge in [-0.15, -0.1) is 0 Å². The number of benzene rings is 1. The predicted octanol–water partition coefficient (Wildman–Crippen LogP) is 2.47. The van der Waals surface area contributed by atoms with Crippen LogP contribution >= 0.6 is 0 Å². The van der Waals surface area contributed by atoms with Crippen molar-refractivity contribution in [2.45, 2.75) is 25.9 Å². The van der Waals surface area contributed by atoms with Crippen LogP contribution in [0.2, 0.25) is 0 Å². The zero-order chi connectivity index (χ0) is 12.9. The van der Waals surface area contributed by atoms with E-state index in [2.05, 4.69) is 0 Å². The van der Waals surface area contributed by atoms with Gasteiger partial charge in [0.05, 0.1) is 25.0 Å². The molecule has 4 nitrogen and oxygen atoms in total. The molecule has 0 unspecified atom stereocenters. The molecule has 0 saturated carbocycles. The van der Waals surface area contributed by atoms with Crippen LogP contribution in [0.1, 0.15) is 20.3 Å². The Morgan fingerprint density at radius 2 is 1.94 bits per heavy atom. The number of ether oxygens (including phenoxy) is 3.